The van der Waals surface area contributed by atoms with Gasteiger partial charge in [0.15, 0.2) is 17.6 Å². The van der Waals surface area contributed by atoms with E-state index in [1.165, 1.54) is 29.3 Å². The lowest BCUT2D eigenvalue weighted by molar-refractivity contribution is -0.848. The van der Waals surface area contributed by atoms with Crippen LogP contribution >= 0.6 is 12.0 Å². The van der Waals surface area contributed by atoms with E-state index in [2.05, 4.69) is 65.8 Å². The summed E-state index contributed by atoms with van der Waals surface area (Å²) in [6, 6.07) is 12.2. The first-order valence-corrected chi connectivity index (χ1v) is 20.6. The number of allylic oxidation sites excluding steroid dienone is 5. The molecule has 4 rings (SSSR count). The molecule has 0 saturated heterocycles. The van der Waals surface area contributed by atoms with Crippen LogP contribution in [0.2, 0.25) is 0 Å². The second-order valence-electron chi connectivity index (χ2n) is 14.5. The summed E-state index contributed by atoms with van der Waals surface area (Å²) in [5.41, 5.74) is 5.69. The van der Waals surface area contributed by atoms with E-state index < -0.39 is 27.5 Å². The number of likely N-dealkylation sites (N-methyl/N-ethyl adjacent to an activating group) is 1. The number of rotatable bonds is 21. The third-order valence-corrected chi connectivity index (χ3v) is 12.1. The topological polar surface area (TPSA) is 160 Å². The zero-order valence-electron chi connectivity index (χ0n) is 32.6. The Morgan fingerprint density at radius 3 is 2.45 bits per heavy atom. The molecule has 1 saturated carbocycles. The zero-order valence-corrected chi connectivity index (χ0v) is 34.3. The van der Waals surface area contributed by atoms with Crippen molar-refractivity contribution in [3.8, 4) is 0 Å². The van der Waals surface area contributed by atoms with Gasteiger partial charge in [-0.15, -0.1) is 9.81 Å². The molecule has 2 aliphatic rings. The number of hydrogen-bond donors (Lipinski definition) is 3. The summed E-state index contributed by atoms with van der Waals surface area (Å²) in [4.78, 5) is 47.6. The highest BCUT2D eigenvalue weighted by Crippen LogP contribution is 2.39. The van der Waals surface area contributed by atoms with E-state index in [9.17, 15) is 22.8 Å². The van der Waals surface area contributed by atoms with Gasteiger partial charge in [-0.05, 0) is 75.6 Å². The number of hydroxylamine groups is 1. The van der Waals surface area contributed by atoms with E-state index >= 15 is 0 Å². The smallest absolute Gasteiger partial charge is 0.324 e. The van der Waals surface area contributed by atoms with Crippen LogP contribution in [0.4, 0.5) is 5.69 Å². The minimum absolute atomic E-state index is 0.0751. The predicted molar refractivity (Wildman–Crippen MR) is 208 cm³/mol. The summed E-state index contributed by atoms with van der Waals surface area (Å²) >= 11 is 1.09. The molecule has 300 valence electrons. The molecule has 0 bridgehead atoms. The summed E-state index contributed by atoms with van der Waals surface area (Å²) in [7, 11) is -1.37. The number of carbonyl (C=O) groups excluding carboxylic acids is 3. The van der Waals surface area contributed by atoms with E-state index in [0.29, 0.717) is 13.0 Å². The maximum absolute atomic E-state index is 12.5. The van der Waals surface area contributed by atoms with Gasteiger partial charge in [-0.2, -0.15) is 8.42 Å². The van der Waals surface area contributed by atoms with Crippen LogP contribution in [0.25, 0.3) is 0 Å². The number of quaternary nitrogens is 1. The maximum atomic E-state index is 12.5. The molecule has 2 unspecified atom stereocenters. The molecular weight excluding hydrogens is 747 g/mol. The Morgan fingerprint density at radius 2 is 1.76 bits per heavy atom. The number of carbonyl (C=O) groups is 3. The SMILES string of the molecule is CC[NH+]1c2ccc(SOOOC)cc2C(C)(C)C1/C=C/C=C/C=C(/NCCCCCC(=O)ONC1C(=O)CCC1=O)C(C)(C)c1cccc(S(=O)(=O)OC)c1. The fourth-order valence-electron chi connectivity index (χ4n) is 6.99. The summed E-state index contributed by atoms with van der Waals surface area (Å²) in [5.74, 6) is -1.06. The Hall–Kier alpha value is -3.67. The van der Waals surface area contributed by atoms with Gasteiger partial charge in [0.2, 0.25) is 0 Å². The van der Waals surface area contributed by atoms with Gasteiger partial charge >= 0.3 is 5.97 Å². The molecule has 0 aromatic heterocycles. The van der Waals surface area contributed by atoms with E-state index in [1.807, 2.05) is 44.2 Å². The average Bonchev–Trinajstić information content (AvgIpc) is 3.60. The highest BCUT2D eigenvalue weighted by atomic mass is 32.2. The van der Waals surface area contributed by atoms with Gasteiger partial charge in [-0.1, -0.05) is 55.7 Å². The summed E-state index contributed by atoms with van der Waals surface area (Å²) < 4.78 is 34.9. The van der Waals surface area contributed by atoms with Gasteiger partial charge in [0, 0.05) is 53.4 Å². The number of hydrogen-bond acceptors (Lipinski definition) is 13. The monoisotopic (exact) mass is 800 g/mol. The number of nitrogens with one attached hydrogen (secondary N) is 3. The Balaban J connectivity index is 1.44. The summed E-state index contributed by atoms with van der Waals surface area (Å²) in [6.07, 6.45) is 12.8. The molecule has 55 heavy (non-hydrogen) atoms. The molecule has 2 atom stereocenters. The molecule has 1 fully saturated rings. The number of ketones is 2. The first kappa shape index (κ1) is 44.0. The molecule has 3 N–H and O–H groups in total. The minimum Gasteiger partial charge on any atom is -0.388 e. The highest BCUT2D eigenvalue weighted by Gasteiger charge is 2.47. The number of benzene rings is 2. The van der Waals surface area contributed by atoms with Crippen molar-refractivity contribution in [2.24, 2.45) is 0 Å². The molecule has 0 amide bonds. The second kappa shape index (κ2) is 20.0. The van der Waals surface area contributed by atoms with Crippen molar-refractivity contribution < 1.29 is 51.0 Å². The molecule has 1 aliphatic carbocycles. The standard InChI is InChI=1S/C40H53N3O10S2/c1-8-43-32-22-21-29(54-53-52-49-6)27-31(32)40(4,5)36(43)19-12-9-11-18-35(39(2,3)28-16-15-17-30(26-28)55(47,48)50-7)41-25-14-10-13-20-37(46)51-42-38-33(44)23-24-34(38)45/h9,11-12,15-19,21-22,26-27,36,38,41-42H,8,10,13-14,20,23-25H2,1-7H3/p+1/b11-9+,19-12+,35-18+. The van der Waals surface area contributed by atoms with Crippen LogP contribution in [0.1, 0.15) is 84.3 Å². The van der Waals surface area contributed by atoms with Crippen molar-refractivity contribution in [2.45, 2.75) is 106 Å². The van der Waals surface area contributed by atoms with Crippen LogP contribution in [0.15, 0.2) is 88.3 Å². The number of Topliss-reactive ketones (excluding diaryl/α,β-unsaturated/α-hetero) is 2. The Morgan fingerprint density at radius 1 is 1.02 bits per heavy atom. The molecular formula is C40H54N3O10S2+. The van der Waals surface area contributed by atoms with Crippen LogP contribution in [0.5, 0.6) is 0 Å². The van der Waals surface area contributed by atoms with Gasteiger partial charge < -0.3 is 10.2 Å². The van der Waals surface area contributed by atoms with Crippen molar-refractivity contribution in [1.82, 2.24) is 10.8 Å². The largest absolute Gasteiger partial charge is 0.388 e. The van der Waals surface area contributed by atoms with Gasteiger partial charge in [-0.3, -0.25) is 23.5 Å². The third kappa shape index (κ3) is 11.2. The van der Waals surface area contributed by atoms with Crippen molar-refractivity contribution in [2.75, 3.05) is 27.3 Å². The van der Waals surface area contributed by atoms with Crippen LogP contribution in [-0.2, 0) is 58.6 Å². The molecule has 1 aliphatic heterocycles. The van der Waals surface area contributed by atoms with E-state index in [4.69, 9.17) is 13.4 Å². The average molecular weight is 801 g/mol. The van der Waals surface area contributed by atoms with Gasteiger partial charge in [-0.25, -0.2) is 4.89 Å². The van der Waals surface area contributed by atoms with Gasteiger partial charge in [0.25, 0.3) is 10.1 Å². The second-order valence-corrected chi connectivity index (χ2v) is 17.0. The van der Waals surface area contributed by atoms with Gasteiger partial charge in [0.05, 0.1) is 43.1 Å². The normalized spacial score (nSPS) is 19.1. The van der Waals surface area contributed by atoms with Crippen molar-refractivity contribution in [1.29, 1.82) is 0 Å². The first-order chi connectivity index (χ1) is 26.2. The maximum Gasteiger partial charge on any atom is 0.324 e. The molecule has 13 nitrogen and oxygen atoms in total. The van der Waals surface area contributed by atoms with Crippen LogP contribution in [0, 0.1) is 0 Å². The van der Waals surface area contributed by atoms with Crippen molar-refractivity contribution >= 4 is 45.4 Å². The summed E-state index contributed by atoms with van der Waals surface area (Å²) in [5, 5.41) is 8.13. The summed E-state index contributed by atoms with van der Waals surface area (Å²) in [6.45, 7) is 12.2. The van der Waals surface area contributed by atoms with Crippen LogP contribution in [0.3, 0.4) is 0 Å². The molecule has 2 aromatic carbocycles. The van der Waals surface area contributed by atoms with E-state index in [-0.39, 0.29) is 47.2 Å². The fraction of sp³-hybridized carbons (Fsp3) is 0.475. The van der Waals surface area contributed by atoms with Crippen LogP contribution in [-0.4, -0.2) is 65.3 Å². The Bertz CT molecular complexity index is 1860. The van der Waals surface area contributed by atoms with E-state index in [1.54, 1.807) is 12.1 Å². The molecule has 1 heterocycles. The number of fused-ring (bicyclic) bond motifs is 1. The lowest BCUT2D eigenvalue weighted by Crippen LogP contribution is -3.10. The quantitative estimate of drug-likeness (QED) is 0.0288. The zero-order chi connectivity index (χ0) is 40.2. The lowest BCUT2D eigenvalue weighted by atomic mass is 9.80. The number of unbranched alkanes of at least 4 members (excludes halogenated alkanes) is 2. The molecule has 0 radical (unpaired) electrons. The fourth-order valence-corrected chi connectivity index (χ4v) is 8.15. The Kier molecular flexibility index (Phi) is 16.0. The van der Waals surface area contributed by atoms with Gasteiger partial charge in [0.1, 0.15) is 11.7 Å². The third-order valence-electron chi connectivity index (χ3n) is 10.2. The van der Waals surface area contributed by atoms with Crippen molar-refractivity contribution in [3.05, 3.63) is 89.7 Å². The molecule has 0 spiro atoms. The predicted octanol–water partition coefficient (Wildman–Crippen LogP) is 5.21. The lowest BCUT2D eigenvalue weighted by Gasteiger charge is -2.30. The first-order valence-electron chi connectivity index (χ1n) is 18.4. The van der Waals surface area contributed by atoms with Crippen LogP contribution < -0.4 is 15.7 Å². The molecule has 2 aromatic rings. The van der Waals surface area contributed by atoms with Crippen molar-refractivity contribution in [3.63, 3.8) is 0 Å². The minimum atomic E-state index is -3.89. The molecule has 15 heteroatoms. The van der Waals surface area contributed by atoms with E-state index in [0.717, 1.165) is 54.7 Å². The highest BCUT2D eigenvalue weighted by molar-refractivity contribution is 7.94. The Labute approximate surface area is 329 Å².